The van der Waals surface area contributed by atoms with E-state index in [0.717, 1.165) is 48.5 Å². The van der Waals surface area contributed by atoms with Gasteiger partial charge in [-0.25, -0.2) is 9.97 Å². The van der Waals surface area contributed by atoms with Crippen LogP contribution in [-0.2, 0) is 11.2 Å². The molecule has 1 N–H and O–H groups in total. The first kappa shape index (κ1) is 14.0. The van der Waals surface area contributed by atoms with E-state index in [2.05, 4.69) is 28.3 Å². The standard InChI is InChI=1S/C14H18ClN3OS/c1-2-10-7-11-12(16-9-17-13(11)20-10)18-14(8-15)3-5-19-6-4-14/h7,9H,2-6,8H2,1H3,(H,16,17,18). The molecule has 1 fully saturated rings. The Balaban J connectivity index is 1.95. The lowest BCUT2D eigenvalue weighted by Crippen LogP contribution is -2.45. The molecule has 20 heavy (non-hydrogen) atoms. The van der Waals surface area contributed by atoms with Crippen molar-refractivity contribution in [1.82, 2.24) is 9.97 Å². The van der Waals surface area contributed by atoms with Crippen molar-refractivity contribution in [2.24, 2.45) is 0 Å². The molecule has 0 spiro atoms. The summed E-state index contributed by atoms with van der Waals surface area (Å²) in [6, 6.07) is 2.18. The summed E-state index contributed by atoms with van der Waals surface area (Å²) in [5.74, 6) is 1.46. The van der Waals surface area contributed by atoms with Crippen LogP contribution < -0.4 is 5.32 Å². The number of rotatable bonds is 4. The topological polar surface area (TPSA) is 47.0 Å². The maximum atomic E-state index is 6.21. The molecular weight excluding hydrogens is 294 g/mol. The lowest BCUT2D eigenvalue weighted by Gasteiger charge is -2.36. The summed E-state index contributed by atoms with van der Waals surface area (Å²) in [6.45, 7) is 3.65. The minimum atomic E-state index is -0.116. The minimum Gasteiger partial charge on any atom is -0.381 e. The number of hydrogen-bond acceptors (Lipinski definition) is 5. The molecule has 108 valence electrons. The van der Waals surface area contributed by atoms with Crippen molar-refractivity contribution >= 4 is 39.0 Å². The molecular formula is C14H18ClN3OS. The molecule has 0 aliphatic carbocycles. The third kappa shape index (κ3) is 2.62. The minimum absolute atomic E-state index is 0.116. The number of thiophene rings is 1. The highest BCUT2D eigenvalue weighted by Gasteiger charge is 2.32. The van der Waals surface area contributed by atoms with Crippen molar-refractivity contribution in [3.63, 3.8) is 0 Å². The fourth-order valence-corrected chi connectivity index (χ4v) is 3.75. The van der Waals surface area contributed by atoms with Gasteiger partial charge >= 0.3 is 0 Å². The number of aromatic nitrogens is 2. The Morgan fingerprint density at radius 3 is 2.90 bits per heavy atom. The fraction of sp³-hybridized carbons (Fsp3) is 0.571. The largest absolute Gasteiger partial charge is 0.381 e. The van der Waals surface area contributed by atoms with Crippen molar-refractivity contribution in [3.8, 4) is 0 Å². The average molecular weight is 312 g/mol. The van der Waals surface area contributed by atoms with E-state index >= 15 is 0 Å². The van der Waals surface area contributed by atoms with Gasteiger partial charge in [-0.1, -0.05) is 6.92 Å². The zero-order chi connectivity index (χ0) is 14.0. The van der Waals surface area contributed by atoms with Gasteiger partial charge in [0.2, 0.25) is 0 Å². The van der Waals surface area contributed by atoms with Crippen LogP contribution in [0.15, 0.2) is 12.4 Å². The summed E-state index contributed by atoms with van der Waals surface area (Å²) in [5, 5.41) is 4.67. The molecule has 0 amide bonds. The molecule has 1 aliphatic rings. The number of fused-ring (bicyclic) bond motifs is 1. The molecule has 1 saturated heterocycles. The summed E-state index contributed by atoms with van der Waals surface area (Å²) in [4.78, 5) is 11.2. The summed E-state index contributed by atoms with van der Waals surface area (Å²) < 4.78 is 5.44. The SMILES string of the molecule is CCc1cc2c(NC3(CCl)CCOCC3)ncnc2s1. The first-order valence-electron chi connectivity index (χ1n) is 6.92. The molecule has 0 saturated carbocycles. The Hall–Kier alpha value is -0.910. The summed E-state index contributed by atoms with van der Waals surface area (Å²) in [6.07, 6.45) is 4.47. The Labute approximate surface area is 127 Å². The zero-order valence-electron chi connectivity index (χ0n) is 11.5. The van der Waals surface area contributed by atoms with E-state index in [1.807, 2.05) is 0 Å². The van der Waals surface area contributed by atoms with Gasteiger partial charge in [0, 0.05) is 24.0 Å². The number of nitrogens with zero attached hydrogens (tertiary/aromatic N) is 2. The molecule has 0 radical (unpaired) electrons. The van der Waals surface area contributed by atoms with E-state index in [0.29, 0.717) is 5.88 Å². The van der Waals surface area contributed by atoms with Crippen LogP contribution in [0, 0.1) is 0 Å². The van der Waals surface area contributed by atoms with Crippen LogP contribution in [0.2, 0.25) is 0 Å². The van der Waals surface area contributed by atoms with Crippen LogP contribution in [0.1, 0.15) is 24.6 Å². The van der Waals surface area contributed by atoms with E-state index in [1.165, 1.54) is 4.88 Å². The second kappa shape index (κ2) is 5.84. The Bertz CT molecular complexity index is 595. The van der Waals surface area contributed by atoms with Crippen LogP contribution in [0.3, 0.4) is 0 Å². The number of hydrogen-bond donors (Lipinski definition) is 1. The summed E-state index contributed by atoms with van der Waals surface area (Å²) >= 11 is 7.94. The molecule has 0 aromatic carbocycles. The highest BCUT2D eigenvalue weighted by molar-refractivity contribution is 7.18. The quantitative estimate of drug-likeness (QED) is 0.879. The van der Waals surface area contributed by atoms with Crippen molar-refractivity contribution < 1.29 is 4.74 Å². The third-order valence-corrected chi connectivity index (χ3v) is 5.52. The number of halogens is 1. The predicted octanol–water partition coefficient (Wildman–Crippen LogP) is 3.45. The molecule has 0 unspecified atom stereocenters. The molecule has 4 nitrogen and oxygen atoms in total. The van der Waals surface area contributed by atoms with Crippen molar-refractivity contribution in [2.45, 2.75) is 31.7 Å². The first-order chi connectivity index (χ1) is 9.76. The van der Waals surface area contributed by atoms with E-state index in [4.69, 9.17) is 16.3 Å². The van der Waals surface area contributed by atoms with Gasteiger partial charge in [0.15, 0.2) is 0 Å². The zero-order valence-corrected chi connectivity index (χ0v) is 13.1. The van der Waals surface area contributed by atoms with Gasteiger partial charge in [-0.2, -0.15) is 0 Å². The molecule has 3 rings (SSSR count). The maximum Gasteiger partial charge on any atom is 0.138 e. The number of aryl methyl sites for hydroxylation is 1. The smallest absolute Gasteiger partial charge is 0.138 e. The lowest BCUT2D eigenvalue weighted by molar-refractivity contribution is 0.0667. The molecule has 1 aliphatic heterocycles. The molecule has 0 bridgehead atoms. The van der Waals surface area contributed by atoms with Gasteiger partial charge in [-0.05, 0) is 25.3 Å². The Morgan fingerprint density at radius 2 is 2.20 bits per heavy atom. The number of anilines is 1. The van der Waals surface area contributed by atoms with E-state index < -0.39 is 0 Å². The number of ether oxygens (including phenoxy) is 1. The van der Waals surface area contributed by atoms with Crippen LogP contribution in [-0.4, -0.2) is 34.6 Å². The fourth-order valence-electron chi connectivity index (χ4n) is 2.48. The number of nitrogens with one attached hydrogen (secondary N) is 1. The Kier molecular flexibility index (Phi) is 4.10. The maximum absolute atomic E-state index is 6.21. The average Bonchev–Trinajstić information content (AvgIpc) is 2.92. The monoisotopic (exact) mass is 311 g/mol. The second-order valence-electron chi connectivity index (χ2n) is 5.16. The second-order valence-corrected chi connectivity index (χ2v) is 6.54. The van der Waals surface area contributed by atoms with Gasteiger partial charge in [0.05, 0.1) is 10.9 Å². The third-order valence-electron chi connectivity index (χ3n) is 3.82. The van der Waals surface area contributed by atoms with Crippen LogP contribution >= 0.6 is 22.9 Å². The number of alkyl halides is 1. The van der Waals surface area contributed by atoms with Gasteiger partial charge in [0.25, 0.3) is 0 Å². The summed E-state index contributed by atoms with van der Waals surface area (Å²) in [7, 11) is 0. The van der Waals surface area contributed by atoms with E-state index in [-0.39, 0.29) is 5.54 Å². The molecule has 0 atom stereocenters. The molecule has 6 heteroatoms. The van der Waals surface area contributed by atoms with Gasteiger partial charge in [-0.15, -0.1) is 22.9 Å². The van der Waals surface area contributed by atoms with Gasteiger partial charge in [-0.3, -0.25) is 0 Å². The summed E-state index contributed by atoms with van der Waals surface area (Å²) in [5.41, 5.74) is -0.116. The van der Waals surface area contributed by atoms with Gasteiger partial charge < -0.3 is 10.1 Å². The molecule has 2 aromatic rings. The predicted molar refractivity (Wildman–Crippen MR) is 83.9 cm³/mol. The normalized spacial score (nSPS) is 18.3. The van der Waals surface area contributed by atoms with E-state index in [9.17, 15) is 0 Å². The lowest BCUT2D eigenvalue weighted by atomic mass is 9.92. The van der Waals surface area contributed by atoms with Crippen molar-refractivity contribution in [3.05, 3.63) is 17.3 Å². The van der Waals surface area contributed by atoms with E-state index in [1.54, 1.807) is 17.7 Å². The van der Waals surface area contributed by atoms with Crippen LogP contribution in [0.25, 0.3) is 10.2 Å². The van der Waals surface area contributed by atoms with Gasteiger partial charge in [0.1, 0.15) is 17.0 Å². The molecule has 3 heterocycles. The van der Waals surface area contributed by atoms with Crippen molar-refractivity contribution in [2.75, 3.05) is 24.4 Å². The highest BCUT2D eigenvalue weighted by atomic mass is 35.5. The van der Waals surface area contributed by atoms with Crippen molar-refractivity contribution in [1.29, 1.82) is 0 Å². The molecule has 2 aromatic heterocycles. The van der Waals surface area contributed by atoms with Crippen LogP contribution in [0.4, 0.5) is 5.82 Å². The van der Waals surface area contributed by atoms with Crippen LogP contribution in [0.5, 0.6) is 0 Å². The Morgan fingerprint density at radius 1 is 1.40 bits per heavy atom. The first-order valence-corrected chi connectivity index (χ1v) is 8.27. The highest BCUT2D eigenvalue weighted by Crippen LogP contribution is 2.32.